The van der Waals surface area contributed by atoms with Crippen molar-refractivity contribution in [2.75, 3.05) is 6.54 Å². The molecular weight excluding hydrogens is 366 g/mol. The van der Waals surface area contributed by atoms with Crippen LogP contribution in [0.2, 0.25) is 0 Å². The Labute approximate surface area is 168 Å². The number of benzene rings is 2. The van der Waals surface area contributed by atoms with Crippen LogP contribution in [0.1, 0.15) is 37.3 Å². The van der Waals surface area contributed by atoms with E-state index >= 15 is 0 Å². The molecule has 2 aromatic carbocycles. The number of fused-ring (bicyclic) bond motifs is 1. The lowest BCUT2D eigenvalue weighted by molar-refractivity contribution is -0.123. The van der Waals surface area contributed by atoms with Gasteiger partial charge in [-0.2, -0.15) is 0 Å². The highest BCUT2D eigenvalue weighted by Gasteiger charge is 2.23. The lowest BCUT2D eigenvalue weighted by atomic mass is 10.1. The SMILES string of the molecule is CC(C)n1c(CCNC(=O)C(c2ccccc2)n2cnnn2)nc2ccccc21. The van der Waals surface area contributed by atoms with Crippen molar-refractivity contribution in [1.29, 1.82) is 0 Å². The summed E-state index contributed by atoms with van der Waals surface area (Å²) in [5, 5.41) is 14.3. The van der Waals surface area contributed by atoms with E-state index in [9.17, 15) is 4.79 Å². The number of rotatable bonds is 7. The average Bonchev–Trinajstić information content (AvgIpc) is 3.36. The van der Waals surface area contributed by atoms with Gasteiger partial charge < -0.3 is 9.88 Å². The fourth-order valence-electron chi connectivity index (χ4n) is 3.59. The van der Waals surface area contributed by atoms with E-state index in [1.54, 1.807) is 0 Å². The molecule has 8 heteroatoms. The van der Waals surface area contributed by atoms with E-state index in [0.29, 0.717) is 13.0 Å². The van der Waals surface area contributed by atoms with Gasteiger partial charge in [0.15, 0.2) is 6.04 Å². The summed E-state index contributed by atoms with van der Waals surface area (Å²) in [7, 11) is 0. The van der Waals surface area contributed by atoms with Crippen LogP contribution in [0, 0.1) is 0 Å². The Morgan fingerprint density at radius 2 is 1.83 bits per heavy atom. The molecule has 0 bridgehead atoms. The molecule has 0 aliphatic carbocycles. The number of carbonyl (C=O) groups excluding carboxylic acids is 1. The first-order chi connectivity index (χ1) is 14.1. The minimum Gasteiger partial charge on any atom is -0.353 e. The van der Waals surface area contributed by atoms with Gasteiger partial charge >= 0.3 is 0 Å². The Hall–Kier alpha value is -3.55. The number of amides is 1. The molecule has 8 nitrogen and oxygen atoms in total. The molecule has 2 aromatic heterocycles. The number of carbonyl (C=O) groups is 1. The molecule has 4 rings (SSSR count). The largest absolute Gasteiger partial charge is 0.353 e. The van der Waals surface area contributed by atoms with Crippen LogP contribution in [-0.4, -0.2) is 42.2 Å². The van der Waals surface area contributed by atoms with Crippen LogP contribution in [0.4, 0.5) is 0 Å². The Balaban J connectivity index is 1.51. The highest BCUT2D eigenvalue weighted by Crippen LogP contribution is 2.21. The van der Waals surface area contributed by atoms with Crippen molar-refractivity contribution in [2.45, 2.75) is 32.4 Å². The number of hydrogen-bond acceptors (Lipinski definition) is 5. The van der Waals surface area contributed by atoms with Crippen LogP contribution in [0.3, 0.4) is 0 Å². The van der Waals surface area contributed by atoms with Crippen molar-refractivity contribution < 1.29 is 4.79 Å². The third-order valence-corrected chi connectivity index (χ3v) is 4.83. The monoisotopic (exact) mass is 389 g/mol. The third-order valence-electron chi connectivity index (χ3n) is 4.83. The fraction of sp³-hybridized carbons (Fsp3) is 0.286. The first-order valence-electron chi connectivity index (χ1n) is 9.66. The van der Waals surface area contributed by atoms with Gasteiger partial charge in [0.25, 0.3) is 0 Å². The Morgan fingerprint density at radius 3 is 2.55 bits per heavy atom. The molecule has 0 radical (unpaired) electrons. The van der Waals surface area contributed by atoms with Crippen LogP contribution in [-0.2, 0) is 11.2 Å². The zero-order chi connectivity index (χ0) is 20.2. The van der Waals surface area contributed by atoms with E-state index in [0.717, 1.165) is 22.4 Å². The quantitative estimate of drug-likeness (QED) is 0.525. The lowest BCUT2D eigenvalue weighted by Gasteiger charge is -2.17. The standard InChI is InChI=1S/C21H23N7O/c1-15(2)28-18-11-7-6-10-17(18)24-19(28)12-13-22-21(29)20(27-14-23-25-26-27)16-8-4-3-5-9-16/h3-11,14-15,20H,12-13H2,1-2H3,(H,22,29). The average molecular weight is 389 g/mol. The van der Waals surface area contributed by atoms with Crippen molar-refractivity contribution in [3.8, 4) is 0 Å². The maximum absolute atomic E-state index is 13.0. The molecule has 0 saturated heterocycles. The van der Waals surface area contributed by atoms with Crippen molar-refractivity contribution in [3.63, 3.8) is 0 Å². The lowest BCUT2D eigenvalue weighted by Crippen LogP contribution is -2.35. The normalized spacial score (nSPS) is 12.4. The molecule has 4 aromatic rings. The molecule has 2 heterocycles. The van der Waals surface area contributed by atoms with Gasteiger partial charge in [-0.15, -0.1) is 5.10 Å². The smallest absolute Gasteiger partial charge is 0.249 e. The third kappa shape index (κ3) is 3.87. The van der Waals surface area contributed by atoms with Gasteiger partial charge in [-0.05, 0) is 42.0 Å². The molecule has 0 spiro atoms. The summed E-state index contributed by atoms with van der Waals surface area (Å²) in [5.74, 6) is 0.802. The zero-order valence-electron chi connectivity index (χ0n) is 16.4. The van der Waals surface area contributed by atoms with Crippen LogP contribution in [0.25, 0.3) is 11.0 Å². The molecule has 0 fully saturated rings. The highest BCUT2D eigenvalue weighted by molar-refractivity contribution is 5.83. The second kappa shape index (κ2) is 8.22. The molecule has 148 valence electrons. The van der Waals surface area contributed by atoms with E-state index in [1.807, 2.05) is 48.5 Å². The Bertz CT molecular complexity index is 1090. The summed E-state index contributed by atoms with van der Waals surface area (Å²) >= 11 is 0. The van der Waals surface area contributed by atoms with E-state index in [1.165, 1.54) is 11.0 Å². The molecule has 0 saturated carbocycles. The molecule has 0 aliphatic rings. The van der Waals surface area contributed by atoms with Gasteiger partial charge in [-0.25, -0.2) is 9.67 Å². The summed E-state index contributed by atoms with van der Waals surface area (Å²) in [4.78, 5) is 17.7. The Morgan fingerprint density at radius 1 is 1.07 bits per heavy atom. The number of nitrogens with one attached hydrogen (secondary N) is 1. The van der Waals surface area contributed by atoms with Gasteiger partial charge in [0.05, 0.1) is 11.0 Å². The summed E-state index contributed by atoms with van der Waals surface area (Å²) in [5.41, 5.74) is 2.91. The van der Waals surface area contributed by atoms with Crippen LogP contribution in [0.15, 0.2) is 60.9 Å². The Kier molecular flexibility index (Phi) is 5.33. The van der Waals surface area contributed by atoms with Gasteiger partial charge in [0, 0.05) is 19.0 Å². The number of para-hydroxylation sites is 2. The number of imidazole rings is 1. The second-order valence-corrected chi connectivity index (χ2v) is 7.12. The maximum atomic E-state index is 13.0. The number of aromatic nitrogens is 6. The summed E-state index contributed by atoms with van der Waals surface area (Å²) in [6, 6.07) is 17.3. The molecule has 29 heavy (non-hydrogen) atoms. The van der Waals surface area contributed by atoms with Crippen molar-refractivity contribution >= 4 is 16.9 Å². The van der Waals surface area contributed by atoms with E-state index in [2.05, 4.69) is 45.3 Å². The first kappa shape index (κ1) is 18.8. The van der Waals surface area contributed by atoms with Crippen LogP contribution >= 0.6 is 0 Å². The fourth-order valence-corrected chi connectivity index (χ4v) is 3.59. The molecule has 1 N–H and O–H groups in total. The molecule has 1 unspecified atom stereocenters. The maximum Gasteiger partial charge on any atom is 0.249 e. The number of hydrogen-bond donors (Lipinski definition) is 1. The molecule has 1 atom stereocenters. The van der Waals surface area contributed by atoms with Crippen molar-refractivity contribution in [2.24, 2.45) is 0 Å². The van der Waals surface area contributed by atoms with Crippen molar-refractivity contribution in [3.05, 3.63) is 72.3 Å². The highest BCUT2D eigenvalue weighted by atomic mass is 16.2. The number of tetrazole rings is 1. The van der Waals surface area contributed by atoms with Gasteiger partial charge in [-0.3, -0.25) is 4.79 Å². The molecular formula is C21H23N7O. The van der Waals surface area contributed by atoms with Crippen LogP contribution in [0.5, 0.6) is 0 Å². The van der Waals surface area contributed by atoms with E-state index in [4.69, 9.17) is 4.98 Å². The first-order valence-corrected chi connectivity index (χ1v) is 9.66. The minimum absolute atomic E-state index is 0.157. The van der Waals surface area contributed by atoms with Gasteiger partial charge in [-0.1, -0.05) is 42.5 Å². The topological polar surface area (TPSA) is 90.5 Å². The number of nitrogens with zero attached hydrogens (tertiary/aromatic N) is 6. The van der Waals surface area contributed by atoms with E-state index < -0.39 is 6.04 Å². The molecule has 1 amide bonds. The summed E-state index contributed by atoms with van der Waals surface area (Å²) in [6.07, 6.45) is 2.09. The minimum atomic E-state index is -0.616. The van der Waals surface area contributed by atoms with Gasteiger partial charge in [0.1, 0.15) is 12.2 Å². The van der Waals surface area contributed by atoms with Gasteiger partial charge in [0.2, 0.25) is 5.91 Å². The van der Waals surface area contributed by atoms with Crippen molar-refractivity contribution in [1.82, 2.24) is 35.1 Å². The summed E-state index contributed by atoms with van der Waals surface area (Å²) < 4.78 is 3.69. The predicted octanol–water partition coefficient (Wildman–Crippen LogP) is 2.55. The second-order valence-electron chi connectivity index (χ2n) is 7.12. The van der Waals surface area contributed by atoms with E-state index in [-0.39, 0.29) is 11.9 Å². The predicted molar refractivity (Wildman–Crippen MR) is 109 cm³/mol. The van der Waals surface area contributed by atoms with Crippen LogP contribution < -0.4 is 5.32 Å². The summed E-state index contributed by atoms with van der Waals surface area (Å²) in [6.45, 7) is 4.75. The zero-order valence-corrected chi connectivity index (χ0v) is 16.4. The molecule has 0 aliphatic heterocycles.